The van der Waals surface area contributed by atoms with Crippen molar-refractivity contribution in [2.24, 2.45) is 10.9 Å². The van der Waals surface area contributed by atoms with Gasteiger partial charge in [-0.3, -0.25) is 4.99 Å². The molecule has 2 aromatic rings. The summed E-state index contributed by atoms with van der Waals surface area (Å²) >= 11 is 0. The van der Waals surface area contributed by atoms with E-state index >= 15 is 0 Å². The van der Waals surface area contributed by atoms with Gasteiger partial charge in [-0.25, -0.2) is 4.39 Å². The van der Waals surface area contributed by atoms with E-state index in [9.17, 15) is 4.39 Å². The fourth-order valence-corrected chi connectivity index (χ4v) is 4.39. The monoisotopic (exact) mass is 539 g/mol. The fourth-order valence-electron chi connectivity index (χ4n) is 4.39. The Balaban J connectivity index is 0.00000272. The van der Waals surface area contributed by atoms with E-state index in [2.05, 4.69) is 46.4 Å². The van der Waals surface area contributed by atoms with Gasteiger partial charge in [-0.15, -0.1) is 24.0 Å². The van der Waals surface area contributed by atoms with Crippen molar-refractivity contribution in [1.82, 2.24) is 10.2 Å². The Labute approximate surface area is 201 Å². The topological polar surface area (TPSA) is 46.1 Å². The van der Waals surface area contributed by atoms with Gasteiger partial charge < -0.3 is 19.7 Å². The van der Waals surface area contributed by atoms with Crippen LogP contribution in [-0.4, -0.2) is 50.3 Å². The van der Waals surface area contributed by atoms with Gasteiger partial charge >= 0.3 is 0 Å². The molecule has 0 bridgehead atoms. The van der Waals surface area contributed by atoms with Crippen molar-refractivity contribution in [3.63, 3.8) is 0 Å². The first-order chi connectivity index (χ1) is 14.6. The Morgan fingerprint density at radius 2 is 1.84 bits per heavy atom. The number of rotatable bonds is 4. The molecule has 5 nitrogen and oxygen atoms in total. The van der Waals surface area contributed by atoms with Crippen molar-refractivity contribution < 1.29 is 13.9 Å². The molecule has 0 saturated carbocycles. The van der Waals surface area contributed by atoms with Gasteiger partial charge in [0.1, 0.15) is 11.9 Å². The number of hydrogen-bond acceptors (Lipinski definition) is 3. The summed E-state index contributed by atoms with van der Waals surface area (Å²) in [6, 6.07) is 17.0. The normalized spacial score (nSPS) is 26.4. The average Bonchev–Trinajstić information content (AvgIpc) is 3.23. The minimum Gasteiger partial charge on any atom is -0.373 e. The maximum Gasteiger partial charge on any atom is 0.193 e. The van der Waals surface area contributed by atoms with Gasteiger partial charge in [0.25, 0.3) is 0 Å². The number of morpholine rings is 1. The summed E-state index contributed by atoms with van der Waals surface area (Å²) in [7, 11) is 1.81. The SMILES string of the molecule is CN=C(NCC1CCOC1c1ccccc1)N1CC(C)OC(c2ccc(F)cc2)C1.I. The maximum atomic E-state index is 13.3. The quantitative estimate of drug-likeness (QED) is 0.352. The summed E-state index contributed by atoms with van der Waals surface area (Å²) in [6.45, 7) is 5.09. The molecule has 2 aliphatic rings. The van der Waals surface area contributed by atoms with Gasteiger partial charge in [0, 0.05) is 32.7 Å². The molecule has 2 aliphatic heterocycles. The lowest BCUT2D eigenvalue weighted by Gasteiger charge is -2.39. The third-order valence-electron chi connectivity index (χ3n) is 5.88. The van der Waals surface area contributed by atoms with Crippen LogP contribution < -0.4 is 5.32 Å². The molecule has 0 amide bonds. The summed E-state index contributed by atoms with van der Waals surface area (Å²) in [5.74, 6) is 1.04. The number of guanidine groups is 1. The number of nitrogens with one attached hydrogen (secondary N) is 1. The molecule has 1 N–H and O–H groups in total. The Kier molecular flexibility index (Phi) is 8.68. The number of hydrogen-bond donors (Lipinski definition) is 1. The van der Waals surface area contributed by atoms with E-state index in [-0.39, 0.29) is 48.1 Å². The van der Waals surface area contributed by atoms with Crippen molar-refractivity contribution in [3.8, 4) is 0 Å². The van der Waals surface area contributed by atoms with Crippen LogP contribution in [0, 0.1) is 11.7 Å². The molecule has 2 aromatic carbocycles. The molecule has 7 heteroatoms. The molecule has 4 rings (SSSR count). The van der Waals surface area contributed by atoms with E-state index in [1.807, 2.05) is 13.1 Å². The zero-order valence-corrected chi connectivity index (χ0v) is 20.4. The lowest BCUT2D eigenvalue weighted by molar-refractivity contribution is -0.0605. The number of ether oxygens (including phenoxy) is 2. The second-order valence-electron chi connectivity index (χ2n) is 8.07. The van der Waals surface area contributed by atoms with Crippen LogP contribution in [0.5, 0.6) is 0 Å². The summed E-state index contributed by atoms with van der Waals surface area (Å²) in [5.41, 5.74) is 2.21. The summed E-state index contributed by atoms with van der Waals surface area (Å²) in [5, 5.41) is 3.56. The second-order valence-corrected chi connectivity index (χ2v) is 8.07. The molecular weight excluding hydrogens is 508 g/mol. The van der Waals surface area contributed by atoms with Crippen LogP contribution in [0.3, 0.4) is 0 Å². The largest absolute Gasteiger partial charge is 0.373 e. The number of nitrogens with zero attached hydrogens (tertiary/aromatic N) is 2. The van der Waals surface area contributed by atoms with Crippen molar-refractivity contribution >= 4 is 29.9 Å². The molecule has 4 unspecified atom stereocenters. The minimum atomic E-state index is -0.233. The highest BCUT2D eigenvalue weighted by atomic mass is 127. The Bertz CT molecular complexity index is 850. The van der Waals surface area contributed by atoms with E-state index in [1.54, 1.807) is 12.1 Å². The molecule has 2 saturated heterocycles. The van der Waals surface area contributed by atoms with Crippen LogP contribution in [0.25, 0.3) is 0 Å². The first kappa shape index (κ1) is 23.9. The average molecular weight is 539 g/mol. The number of benzene rings is 2. The summed E-state index contributed by atoms with van der Waals surface area (Å²) < 4.78 is 25.4. The van der Waals surface area contributed by atoms with Gasteiger partial charge in [0.05, 0.1) is 18.8 Å². The van der Waals surface area contributed by atoms with Gasteiger partial charge in [0.2, 0.25) is 0 Å². The predicted octanol–water partition coefficient (Wildman–Crippen LogP) is 4.56. The highest BCUT2D eigenvalue weighted by Crippen LogP contribution is 2.34. The molecule has 0 aromatic heterocycles. The summed E-state index contributed by atoms with van der Waals surface area (Å²) in [6.07, 6.45) is 1.09. The Hall–Kier alpha value is -1.71. The third kappa shape index (κ3) is 5.96. The Morgan fingerprint density at radius 1 is 1.10 bits per heavy atom. The molecule has 2 fully saturated rings. The van der Waals surface area contributed by atoms with Crippen molar-refractivity contribution in [1.29, 1.82) is 0 Å². The fraction of sp³-hybridized carbons (Fsp3) is 0.458. The minimum absolute atomic E-state index is 0. The Morgan fingerprint density at radius 3 is 2.55 bits per heavy atom. The zero-order chi connectivity index (χ0) is 20.9. The second kappa shape index (κ2) is 11.2. The van der Waals surface area contributed by atoms with Crippen LogP contribution in [0.4, 0.5) is 4.39 Å². The number of halogens is 2. The van der Waals surface area contributed by atoms with E-state index in [1.165, 1.54) is 17.7 Å². The molecule has 0 aliphatic carbocycles. The molecule has 31 heavy (non-hydrogen) atoms. The van der Waals surface area contributed by atoms with Crippen LogP contribution in [0.15, 0.2) is 59.6 Å². The van der Waals surface area contributed by atoms with E-state index in [0.29, 0.717) is 12.5 Å². The van der Waals surface area contributed by atoms with E-state index in [4.69, 9.17) is 9.47 Å². The van der Waals surface area contributed by atoms with Crippen molar-refractivity contribution in [3.05, 3.63) is 71.5 Å². The lowest BCUT2D eigenvalue weighted by Crippen LogP contribution is -2.51. The molecule has 0 radical (unpaired) electrons. The van der Waals surface area contributed by atoms with Gasteiger partial charge in [-0.1, -0.05) is 42.5 Å². The van der Waals surface area contributed by atoms with Crippen LogP contribution in [0.2, 0.25) is 0 Å². The third-order valence-corrected chi connectivity index (χ3v) is 5.88. The highest BCUT2D eigenvalue weighted by molar-refractivity contribution is 14.0. The highest BCUT2D eigenvalue weighted by Gasteiger charge is 2.32. The molecule has 0 spiro atoms. The smallest absolute Gasteiger partial charge is 0.193 e. The summed E-state index contributed by atoms with van der Waals surface area (Å²) in [4.78, 5) is 6.75. The van der Waals surface area contributed by atoms with Gasteiger partial charge in [-0.05, 0) is 36.6 Å². The van der Waals surface area contributed by atoms with E-state index < -0.39 is 0 Å². The lowest BCUT2D eigenvalue weighted by atomic mass is 9.95. The standard InChI is InChI=1S/C24H30FN3O2.HI/c1-17-15-28(16-22(30-17)18-8-10-21(25)11-9-18)24(26-2)27-14-20-12-13-29-23(20)19-6-4-3-5-7-19;/h3-11,17,20,22-23H,12-16H2,1-2H3,(H,26,27);1H. The van der Waals surface area contributed by atoms with Crippen LogP contribution in [-0.2, 0) is 9.47 Å². The molecule has 4 atom stereocenters. The van der Waals surface area contributed by atoms with Gasteiger partial charge in [-0.2, -0.15) is 0 Å². The van der Waals surface area contributed by atoms with E-state index in [0.717, 1.165) is 37.6 Å². The molecular formula is C24H31FIN3O2. The molecule has 168 valence electrons. The zero-order valence-electron chi connectivity index (χ0n) is 18.0. The first-order valence-electron chi connectivity index (χ1n) is 10.7. The van der Waals surface area contributed by atoms with Crippen LogP contribution >= 0.6 is 24.0 Å². The van der Waals surface area contributed by atoms with Crippen molar-refractivity contribution in [2.45, 2.75) is 31.7 Å². The number of aliphatic imine (C=N–C) groups is 1. The predicted molar refractivity (Wildman–Crippen MR) is 131 cm³/mol. The van der Waals surface area contributed by atoms with Crippen LogP contribution in [0.1, 0.15) is 36.7 Å². The maximum absolute atomic E-state index is 13.3. The van der Waals surface area contributed by atoms with Gasteiger partial charge in [0.15, 0.2) is 5.96 Å². The molecule has 2 heterocycles. The first-order valence-corrected chi connectivity index (χ1v) is 10.7. The van der Waals surface area contributed by atoms with Crippen molar-refractivity contribution in [2.75, 3.05) is 33.3 Å².